The molecule has 1 aromatic carbocycles. The van der Waals surface area contributed by atoms with Gasteiger partial charge in [-0.1, -0.05) is 18.2 Å². The molecule has 0 unspecified atom stereocenters. The van der Waals surface area contributed by atoms with Gasteiger partial charge in [-0.05, 0) is 43.0 Å². The zero-order chi connectivity index (χ0) is 25.5. The lowest BCUT2D eigenvalue weighted by atomic mass is 10.1. The number of piperidine rings is 1. The highest BCUT2D eigenvalue weighted by molar-refractivity contribution is 6.04. The maximum atomic E-state index is 12.6. The number of anilines is 2. The van der Waals surface area contributed by atoms with Gasteiger partial charge in [0.2, 0.25) is 5.91 Å². The van der Waals surface area contributed by atoms with E-state index in [1.54, 1.807) is 36.5 Å². The second-order valence-electron chi connectivity index (χ2n) is 9.35. The van der Waals surface area contributed by atoms with Crippen LogP contribution in [0.2, 0.25) is 0 Å². The summed E-state index contributed by atoms with van der Waals surface area (Å²) >= 11 is 0. The molecule has 2 bridgehead atoms. The standard InChI is InChI=1S/C26H23N9O2/c27-9-8-21(36)34-13-15-11-18(34)19(12-15)35-25-22(24(28)30-14-31-25)23(33-35)16-4-6-17(7-5-16)26(37)32-20-3-1-2-10-29-20/h1-7,10,14-15,18-19H,8,11-13H2,(H2,28,30,31)(H,29,32,37)/t15-,18-,19+/m1/s1. The SMILES string of the molecule is N#CCC(=O)N1C[C@@H]2C[C@@H]1[C@@H](n1nc(-c3ccc(C(=O)Nc4ccccn4)cc3)c3c(N)ncnc31)C2. The maximum Gasteiger partial charge on any atom is 0.256 e. The summed E-state index contributed by atoms with van der Waals surface area (Å²) in [5, 5.41) is 17.3. The summed E-state index contributed by atoms with van der Waals surface area (Å²) in [6.45, 7) is 0.674. The third-order valence-electron chi connectivity index (χ3n) is 7.16. The number of nitrogens with two attached hydrogens (primary N) is 1. The summed E-state index contributed by atoms with van der Waals surface area (Å²) in [4.78, 5) is 39.8. The molecule has 1 aliphatic carbocycles. The van der Waals surface area contributed by atoms with Gasteiger partial charge in [0.15, 0.2) is 5.65 Å². The lowest BCUT2D eigenvalue weighted by Crippen LogP contribution is -2.43. The Bertz CT molecular complexity index is 1540. The number of pyridine rings is 1. The molecule has 1 saturated heterocycles. The van der Waals surface area contributed by atoms with Crippen LogP contribution in [0.25, 0.3) is 22.3 Å². The van der Waals surface area contributed by atoms with Crippen LogP contribution in [0.3, 0.4) is 0 Å². The van der Waals surface area contributed by atoms with Gasteiger partial charge in [-0.15, -0.1) is 0 Å². The quantitative estimate of drug-likeness (QED) is 0.430. The molecule has 3 N–H and O–H groups in total. The zero-order valence-corrected chi connectivity index (χ0v) is 19.8. The summed E-state index contributed by atoms with van der Waals surface area (Å²) in [7, 11) is 0. The van der Waals surface area contributed by atoms with E-state index in [1.807, 2.05) is 27.8 Å². The summed E-state index contributed by atoms with van der Waals surface area (Å²) in [6.07, 6.45) is 4.64. The van der Waals surface area contributed by atoms with Crippen molar-refractivity contribution >= 4 is 34.5 Å². The molecule has 1 aliphatic heterocycles. The maximum absolute atomic E-state index is 12.6. The van der Waals surface area contributed by atoms with Crippen molar-refractivity contribution in [2.24, 2.45) is 5.92 Å². The summed E-state index contributed by atoms with van der Waals surface area (Å²) < 4.78 is 1.86. The summed E-state index contributed by atoms with van der Waals surface area (Å²) in [5.74, 6) is 0.720. The number of hydrogen-bond acceptors (Lipinski definition) is 8. The van der Waals surface area contributed by atoms with Gasteiger partial charge >= 0.3 is 0 Å². The van der Waals surface area contributed by atoms with Crippen LogP contribution in [0.15, 0.2) is 55.0 Å². The molecule has 1 saturated carbocycles. The summed E-state index contributed by atoms with van der Waals surface area (Å²) in [6, 6.07) is 14.2. The fraction of sp³-hybridized carbons (Fsp3) is 0.269. The number of benzene rings is 1. The van der Waals surface area contributed by atoms with Crippen molar-refractivity contribution in [3.8, 4) is 17.3 Å². The Morgan fingerprint density at radius 2 is 1.89 bits per heavy atom. The fourth-order valence-electron chi connectivity index (χ4n) is 5.54. The number of carbonyl (C=O) groups is 2. The number of hydrogen-bond donors (Lipinski definition) is 2. The molecule has 2 aliphatic rings. The molecule has 4 aromatic rings. The Morgan fingerprint density at radius 1 is 1.08 bits per heavy atom. The van der Waals surface area contributed by atoms with Gasteiger partial charge in [-0.2, -0.15) is 10.4 Å². The minimum absolute atomic E-state index is 0.0457. The highest BCUT2D eigenvalue weighted by Gasteiger charge is 2.48. The smallest absolute Gasteiger partial charge is 0.256 e. The molecule has 2 amide bonds. The van der Waals surface area contributed by atoms with E-state index in [0.717, 1.165) is 18.4 Å². The highest BCUT2D eigenvalue weighted by atomic mass is 16.2. The Morgan fingerprint density at radius 3 is 2.62 bits per heavy atom. The molecule has 6 rings (SSSR count). The van der Waals surface area contributed by atoms with Gasteiger partial charge in [-0.3, -0.25) is 9.59 Å². The second-order valence-corrected chi connectivity index (χ2v) is 9.35. The van der Waals surface area contributed by atoms with E-state index in [2.05, 4.69) is 20.3 Å². The van der Waals surface area contributed by atoms with Crippen LogP contribution in [0.5, 0.6) is 0 Å². The van der Waals surface area contributed by atoms with Gasteiger partial charge < -0.3 is 16.0 Å². The zero-order valence-electron chi connectivity index (χ0n) is 19.8. The van der Waals surface area contributed by atoms with Crippen molar-refractivity contribution in [3.63, 3.8) is 0 Å². The first-order valence-corrected chi connectivity index (χ1v) is 12.0. The van der Waals surface area contributed by atoms with Crippen molar-refractivity contribution in [1.82, 2.24) is 29.6 Å². The average molecular weight is 494 g/mol. The van der Waals surface area contributed by atoms with Crippen LogP contribution in [-0.2, 0) is 4.79 Å². The minimum atomic E-state index is -0.271. The number of nitrogen functional groups attached to an aromatic ring is 1. The molecular weight excluding hydrogens is 470 g/mol. The van der Waals surface area contributed by atoms with Gasteiger partial charge in [-0.25, -0.2) is 19.6 Å². The van der Waals surface area contributed by atoms with Crippen molar-refractivity contribution in [1.29, 1.82) is 5.26 Å². The van der Waals surface area contributed by atoms with E-state index in [4.69, 9.17) is 16.1 Å². The predicted octanol–water partition coefficient (Wildman–Crippen LogP) is 2.80. The normalized spacial score (nSPS) is 20.2. The van der Waals surface area contributed by atoms with Crippen LogP contribution in [0.1, 0.15) is 35.7 Å². The number of aromatic nitrogens is 5. The minimum Gasteiger partial charge on any atom is -0.383 e. The first-order valence-electron chi connectivity index (χ1n) is 12.0. The molecule has 3 atom stereocenters. The monoisotopic (exact) mass is 493 g/mol. The summed E-state index contributed by atoms with van der Waals surface area (Å²) in [5.41, 5.74) is 8.74. The van der Waals surface area contributed by atoms with E-state index < -0.39 is 0 Å². The van der Waals surface area contributed by atoms with Crippen LogP contribution in [0.4, 0.5) is 11.6 Å². The number of nitrogens with zero attached hydrogens (tertiary/aromatic N) is 7. The van der Waals surface area contributed by atoms with E-state index in [9.17, 15) is 9.59 Å². The Hall–Kier alpha value is -4.85. The molecular formula is C26H23N9O2. The molecule has 3 aromatic heterocycles. The van der Waals surface area contributed by atoms with E-state index in [0.29, 0.717) is 46.4 Å². The molecule has 0 spiro atoms. The number of amides is 2. The third-order valence-corrected chi connectivity index (χ3v) is 7.16. The second kappa shape index (κ2) is 8.98. The van der Waals surface area contributed by atoms with Crippen molar-refractivity contribution in [3.05, 3.63) is 60.6 Å². The first kappa shape index (κ1) is 22.6. The molecule has 0 radical (unpaired) electrons. The van der Waals surface area contributed by atoms with Crippen molar-refractivity contribution in [2.45, 2.75) is 31.3 Å². The molecule has 11 nitrogen and oxygen atoms in total. The Kier molecular flexibility index (Phi) is 5.49. The van der Waals surface area contributed by atoms with Gasteiger partial charge in [0, 0.05) is 23.9 Å². The first-order chi connectivity index (χ1) is 18.0. The highest BCUT2D eigenvalue weighted by Crippen LogP contribution is 2.46. The number of fused-ring (bicyclic) bond motifs is 3. The largest absolute Gasteiger partial charge is 0.383 e. The van der Waals surface area contributed by atoms with E-state index in [-0.39, 0.29) is 30.3 Å². The fourth-order valence-corrected chi connectivity index (χ4v) is 5.54. The Labute approximate surface area is 211 Å². The van der Waals surface area contributed by atoms with Gasteiger partial charge in [0.1, 0.15) is 30.1 Å². The van der Waals surface area contributed by atoms with Crippen LogP contribution in [-0.4, -0.2) is 54.0 Å². The average Bonchev–Trinajstić information content (AvgIpc) is 3.63. The molecule has 2 fully saturated rings. The van der Waals surface area contributed by atoms with E-state index >= 15 is 0 Å². The lowest BCUT2D eigenvalue weighted by Gasteiger charge is -2.33. The molecule has 4 heterocycles. The topological polar surface area (TPSA) is 156 Å². The van der Waals surface area contributed by atoms with Crippen LogP contribution >= 0.6 is 0 Å². The van der Waals surface area contributed by atoms with Crippen molar-refractivity contribution < 1.29 is 9.59 Å². The molecule has 37 heavy (non-hydrogen) atoms. The lowest BCUT2D eigenvalue weighted by molar-refractivity contribution is -0.132. The number of nitriles is 1. The van der Waals surface area contributed by atoms with Crippen molar-refractivity contribution in [2.75, 3.05) is 17.6 Å². The molecule has 184 valence electrons. The molecule has 11 heteroatoms. The van der Waals surface area contributed by atoms with Gasteiger partial charge in [0.05, 0.1) is 23.5 Å². The number of nitrogens with one attached hydrogen (secondary N) is 1. The van der Waals surface area contributed by atoms with Crippen LogP contribution < -0.4 is 11.1 Å². The Balaban J connectivity index is 1.33. The number of carbonyl (C=O) groups excluding carboxylic acids is 2. The number of likely N-dealkylation sites (tertiary alicyclic amines) is 1. The van der Waals surface area contributed by atoms with Gasteiger partial charge in [0.25, 0.3) is 5.91 Å². The van der Waals surface area contributed by atoms with Crippen LogP contribution in [0, 0.1) is 17.2 Å². The third kappa shape index (κ3) is 3.92. The predicted molar refractivity (Wildman–Crippen MR) is 135 cm³/mol. The van der Waals surface area contributed by atoms with E-state index in [1.165, 1.54) is 6.33 Å². The number of rotatable bonds is 5.